The lowest BCUT2D eigenvalue weighted by molar-refractivity contribution is 0.414. The number of anilines is 1. The monoisotopic (exact) mass is 398 g/mol. The van der Waals surface area contributed by atoms with Crippen LogP contribution in [-0.2, 0) is 16.6 Å². The molecule has 0 aliphatic rings. The number of hydrogen-bond donors (Lipinski definition) is 1. The van der Waals surface area contributed by atoms with Gasteiger partial charge in [0.1, 0.15) is 5.75 Å². The van der Waals surface area contributed by atoms with Crippen LogP contribution in [0.15, 0.2) is 51.8 Å². The van der Waals surface area contributed by atoms with Crippen molar-refractivity contribution in [2.45, 2.75) is 11.4 Å². The van der Waals surface area contributed by atoms with Crippen LogP contribution in [0.2, 0.25) is 0 Å². The molecule has 5 nitrogen and oxygen atoms in total. The molecule has 0 aromatic heterocycles. The number of nitrogens with one attached hydrogen (secondary N) is 1. The second kappa shape index (κ2) is 7.33. The van der Waals surface area contributed by atoms with E-state index in [1.807, 2.05) is 24.3 Å². The highest BCUT2D eigenvalue weighted by Crippen LogP contribution is 2.24. The predicted octanol–water partition coefficient (Wildman–Crippen LogP) is 3.32. The number of halogens is 1. The van der Waals surface area contributed by atoms with Crippen molar-refractivity contribution < 1.29 is 13.2 Å². The molecule has 0 saturated heterocycles. The summed E-state index contributed by atoms with van der Waals surface area (Å²) < 4.78 is 31.7. The first-order chi connectivity index (χ1) is 10.8. The van der Waals surface area contributed by atoms with Gasteiger partial charge < -0.3 is 10.1 Å². The van der Waals surface area contributed by atoms with Gasteiger partial charge in [-0.05, 0) is 42.0 Å². The fraction of sp³-hybridized carbons (Fsp3) is 0.250. The van der Waals surface area contributed by atoms with E-state index in [1.54, 1.807) is 25.3 Å². The molecule has 2 aromatic rings. The van der Waals surface area contributed by atoms with Gasteiger partial charge in [-0.25, -0.2) is 12.7 Å². The molecule has 0 heterocycles. The molecular weight excluding hydrogens is 380 g/mol. The fourth-order valence-corrected chi connectivity index (χ4v) is 3.32. The van der Waals surface area contributed by atoms with E-state index in [0.717, 1.165) is 21.5 Å². The number of sulfonamides is 1. The number of ether oxygens (including phenoxy) is 1. The first-order valence-electron chi connectivity index (χ1n) is 6.93. The minimum absolute atomic E-state index is 0.261. The summed E-state index contributed by atoms with van der Waals surface area (Å²) >= 11 is 3.50. The van der Waals surface area contributed by atoms with E-state index in [9.17, 15) is 8.42 Å². The standard InChI is InChI=1S/C16H19BrN2O3S/c1-19(2)23(20,21)15-6-4-5-13(10-15)18-11-12-9-14(22-3)7-8-16(12)17/h4-10,18H,11H2,1-3H3. The first kappa shape index (κ1) is 17.8. The van der Waals surface area contributed by atoms with Gasteiger partial charge in [-0.2, -0.15) is 0 Å². The zero-order valence-electron chi connectivity index (χ0n) is 13.2. The molecule has 0 amide bonds. The van der Waals surface area contributed by atoms with Crippen LogP contribution in [0.1, 0.15) is 5.56 Å². The fourth-order valence-electron chi connectivity index (χ4n) is 1.99. The van der Waals surface area contributed by atoms with Crippen molar-refractivity contribution in [1.82, 2.24) is 4.31 Å². The molecule has 0 atom stereocenters. The van der Waals surface area contributed by atoms with Crippen LogP contribution in [-0.4, -0.2) is 33.9 Å². The topological polar surface area (TPSA) is 58.6 Å². The molecule has 0 unspecified atom stereocenters. The summed E-state index contributed by atoms with van der Waals surface area (Å²) in [5.41, 5.74) is 1.76. The van der Waals surface area contributed by atoms with Crippen LogP contribution in [0.3, 0.4) is 0 Å². The molecule has 0 bridgehead atoms. The van der Waals surface area contributed by atoms with E-state index in [2.05, 4.69) is 21.2 Å². The molecule has 2 rings (SSSR count). The molecule has 0 spiro atoms. The number of benzene rings is 2. The van der Waals surface area contributed by atoms with E-state index >= 15 is 0 Å². The number of rotatable bonds is 6. The second-order valence-electron chi connectivity index (χ2n) is 5.13. The molecule has 7 heteroatoms. The van der Waals surface area contributed by atoms with Crippen molar-refractivity contribution >= 4 is 31.6 Å². The maximum Gasteiger partial charge on any atom is 0.242 e. The zero-order valence-corrected chi connectivity index (χ0v) is 15.6. The Morgan fingerprint density at radius 2 is 1.91 bits per heavy atom. The third kappa shape index (κ3) is 4.25. The Labute approximate surface area is 145 Å². The third-order valence-corrected chi connectivity index (χ3v) is 5.93. The highest BCUT2D eigenvalue weighted by atomic mass is 79.9. The van der Waals surface area contributed by atoms with Gasteiger partial charge in [0.2, 0.25) is 10.0 Å². The maximum atomic E-state index is 12.2. The highest BCUT2D eigenvalue weighted by molar-refractivity contribution is 9.10. The quantitative estimate of drug-likeness (QED) is 0.810. The predicted molar refractivity (Wildman–Crippen MR) is 95.3 cm³/mol. The summed E-state index contributed by atoms with van der Waals surface area (Å²) in [6.45, 7) is 0.545. The normalized spacial score (nSPS) is 11.5. The molecule has 0 aliphatic heterocycles. The average Bonchev–Trinajstić information content (AvgIpc) is 2.54. The molecule has 0 saturated carbocycles. The molecular formula is C16H19BrN2O3S. The van der Waals surface area contributed by atoms with Crippen LogP contribution >= 0.6 is 15.9 Å². The van der Waals surface area contributed by atoms with Crippen molar-refractivity contribution in [1.29, 1.82) is 0 Å². The number of nitrogens with zero attached hydrogens (tertiary/aromatic N) is 1. The molecule has 23 heavy (non-hydrogen) atoms. The molecule has 1 N–H and O–H groups in total. The Morgan fingerprint density at radius 1 is 1.17 bits per heavy atom. The van der Waals surface area contributed by atoms with E-state index < -0.39 is 10.0 Å². The van der Waals surface area contributed by atoms with Gasteiger partial charge in [-0.15, -0.1) is 0 Å². The number of methoxy groups -OCH3 is 1. The zero-order chi connectivity index (χ0) is 17.0. The third-order valence-electron chi connectivity index (χ3n) is 3.35. The van der Waals surface area contributed by atoms with Crippen LogP contribution in [0.5, 0.6) is 5.75 Å². The Kier molecular flexibility index (Phi) is 5.67. The second-order valence-corrected chi connectivity index (χ2v) is 8.13. The average molecular weight is 399 g/mol. The van der Waals surface area contributed by atoms with Crippen LogP contribution in [0, 0.1) is 0 Å². The summed E-state index contributed by atoms with van der Waals surface area (Å²) in [5.74, 6) is 0.772. The van der Waals surface area contributed by atoms with Crippen LogP contribution in [0.25, 0.3) is 0 Å². The highest BCUT2D eigenvalue weighted by Gasteiger charge is 2.17. The van der Waals surface area contributed by atoms with Crippen molar-refractivity contribution in [3.8, 4) is 5.75 Å². The van der Waals surface area contributed by atoms with Gasteiger partial charge in [0.05, 0.1) is 12.0 Å². The van der Waals surface area contributed by atoms with E-state index in [-0.39, 0.29) is 4.90 Å². The van der Waals surface area contributed by atoms with E-state index in [1.165, 1.54) is 18.4 Å². The van der Waals surface area contributed by atoms with E-state index in [0.29, 0.717) is 6.54 Å². The Bertz CT molecular complexity index is 792. The lowest BCUT2D eigenvalue weighted by Gasteiger charge is -2.14. The van der Waals surface area contributed by atoms with Gasteiger partial charge in [0, 0.05) is 30.8 Å². The Hall–Kier alpha value is -1.57. The summed E-state index contributed by atoms with van der Waals surface area (Å²) in [7, 11) is 1.22. The van der Waals surface area contributed by atoms with E-state index in [4.69, 9.17) is 4.74 Å². The smallest absolute Gasteiger partial charge is 0.242 e. The minimum Gasteiger partial charge on any atom is -0.497 e. The van der Waals surface area contributed by atoms with Gasteiger partial charge in [-0.1, -0.05) is 22.0 Å². The Balaban J connectivity index is 2.19. The molecule has 0 fully saturated rings. The lowest BCUT2D eigenvalue weighted by Crippen LogP contribution is -2.22. The lowest BCUT2D eigenvalue weighted by atomic mass is 10.2. The van der Waals surface area contributed by atoms with Crippen molar-refractivity contribution in [3.63, 3.8) is 0 Å². The Morgan fingerprint density at radius 3 is 2.57 bits per heavy atom. The number of hydrogen-bond acceptors (Lipinski definition) is 4. The summed E-state index contributed by atoms with van der Waals surface area (Å²) in [6, 6.07) is 12.5. The molecule has 0 radical (unpaired) electrons. The maximum absolute atomic E-state index is 12.2. The van der Waals surface area contributed by atoms with Gasteiger partial charge in [-0.3, -0.25) is 0 Å². The van der Waals surface area contributed by atoms with Gasteiger partial charge >= 0.3 is 0 Å². The van der Waals surface area contributed by atoms with Crippen molar-refractivity contribution in [2.75, 3.05) is 26.5 Å². The SMILES string of the molecule is COc1ccc(Br)c(CNc2cccc(S(=O)(=O)N(C)C)c2)c1. The summed E-state index contributed by atoms with van der Waals surface area (Å²) in [5, 5.41) is 3.24. The van der Waals surface area contributed by atoms with Crippen molar-refractivity contribution in [3.05, 3.63) is 52.5 Å². The van der Waals surface area contributed by atoms with Gasteiger partial charge in [0.25, 0.3) is 0 Å². The summed E-state index contributed by atoms with van der Waals surface area (Å²) in [4.78, 5) is 0.261. The largest absolute Gasteiger partial charge is 0.497 e. The van der Waals surface area contributed by atoms with Gasteiger partial charge in [0.15, 0.2) is 0 Å². The first-order valence-corrected chi connectivity index (χ1v) is 9.17. The minimum atomic E-state index is -3.44. The molecule has 2 aromatic carbocycles. The molecule has 0 aliphatic carbocycles. The van der Waals surface area contributed by atoms with Crippen molar-refractivity contribution in [2.24, 2.45) is 0 Å². The van der Waals surface area contributed by atoms with Crippen LogP contribution < -0.4 is 10.1 Å². The summed E-state index contributed by atoms with van der Waals surface area (Å²) in [6.07, 6.45) is 0. The van der Waals surface area contributed by atoms with Crippen LogP contribution in [0.4, 0.5) is 5.69 Å². The molecule has 124 valence electrons.